The van der Waals surface area contributed by atoms with Crippen LogP contribution in [0.5, 0.6) is 0 Å². The molecular weight excluding hydrogens is 255 g/mol. The van der Waals surface area contributed by atoms with Gasteiger partial charge in [-0.2, -0.15) is 0 Å². The summed E-state index contributed by atoms with van der Waals surface area (Å²) in [4.78, 5) is 0.788. The van der Waals surface area contributed by atoms with Crippen LogP contribution in [0.2, 0.25) is 0 Å². The van der Waals surface area contributed by atoms with Crippen LogP contribution in [0, 0.1) is 12.7 Å². The van der Waals surface area contributed by atoms with Crippen molar-refractivity contribution in [1.29, 1.82) is 0 Å². The van der Waals surface area contributed by atoms with Crippen molar-refractivity contribution in [2.75, 3.05) is 19.0 Å². The second kappa shape index (κ2) is 5.57. The number of hydrogen-bond acceptors (Lipinski definition) is 4. The first-order valence-electron chi connectivity index (χ1n) is 5.88. The summed E-state index contributed by atoms with van der Waals surface area (Å²) in [6.45, 7) is 2.52. The van der Waals surface area contributed by atoms with Crippen molar-refractivity contribution in [3.05, 3.63) is 29.6 Å². The molecule has 2 N–H and O–H groups in total. The molecule has 1 aliphatic heterocycles. The molecule has 0 spiro atoms. The Kier molecular flexibility index (Phi) is 4.27. The van der Waals surface area contributed by atoms with E-state index in [4.69, 9.17) is 4.74 Å². The Labute approximate surface area is 110 Å². The van der Waals surface area contributed by atoms with E-state index in [-0.39, 0.29) is 12.4 Å². The van der Waals surface area contributed by atoms with Crippen molar-refractivity contribution in [3.8, 4) is 0 Å². The number of thioether (sulfide) groups is 1. The van der Waals surface area contributed by atoms with E-state index >= 15 is 0 Å². The molecule has 1 aromatic carbocycles. The quantitative estimate of drug-likeness (QED) is 0.820. The normalized spacial score (nSPS) is 25.3. The fourth-order valence-electron chi connectivity index (χ4n) is 1.89. The van der Waals surface area contributed by atoms with Crippen molar-refractivity contribution < 1.29 is 19.3 Å². The summed E-state index contributed by atoms with van der Waals surface area (Å²) in [5, 5.41) is 20.1. The predicted octanol–water partition coefficient (Wildman–Crippen LogP) is 1.74. The van der Waals surface area contributed by atoms with Gasteiger partial charge in [-0.1, -0.05) is 6.07 Å². The molecule has 100 valence electrons. The van der Waals surface area contributed by atoms with Crippen molar-refractivity contribution in [3.63, 3.8) is 0 Å². The molecule has 1 saturated heterocycles. The highest BCUT2D eigenvalue weighted by Crippen LogP contribution is 2.29. The molecular formula is C13H17FO3S. The first-order chi connectivity index (χ1) is 8.51. The van der Waals surface area contributed by atoms with E-state index in [0.717, 1.165) is 10.5 Å². The van der Waals surface area contributed by atoms with Gasteiger partial charge in [0.2, 0.25) is 0 Å². The Balaban J connectivity index is 1.96. The van der Waals surface area contributed by atoms with Crippen LogP contribution in [0.3, 0.4) is 0 Å². The lowest BCUT2D eigenvalue weighted by Gasteiger charge is -2.26. The Hall–Kier alpha value is -0.620. The van der Waals surface area contributed by atoms with E-state index in [9.17, 15) is 14.6 Å². The van der Waals surface area contributed by atoms with Gasteiger partial charge in [0.1, 0.15) is 11.4 Å². The average molecular weight is 272 g/mol. The number of ether oxygens (including phenoxy) is 1. The zero-order valence-electron chi connectivity index (χ0n) is 10.2. The van der Waals surface area contributed by atoms with Gasteiger partial charge < -0.3 is 14.9 Å². The number of hydrogen-bond donors (Lipinski definition) is 2. The van der Waals surface area contributed by atoms with Gasteiger partial charge in [-0.25, -0.2) is 4.39 Å². The molecule has 0 aliphatic carbocycles. The van der Waals surface area contributed by atoms with Crippen LogP contribution >= 0.6 is 11.8 Å². The van der Waals surface area contributed by atoms with Gasteiger partial charge in [0.25, 0.3) is 0 Å². The Bertz CT molecular complexity index is 419. The Morgan fingerprint density at radius 2 is 2.33 bits per heavy atom. The largest absolute Gasteiger partial charge is 0.389 e. The topological polar surface area (TPSA) is 49.7 Å². The van der Waals surface area contributed by atoms with Crippen molar-refractivity contribution in [2.24, 2.45) is 0 Å². The molecule has 0 saturated carbocycles. The summed E-state index contributed by atoms with van der Waals surface area (Å²) in [5.41, 5.74) is -0.197. The van der Waals surface area contributed by atoms with E-state index in [0.29, 0.717) is 18.8 Å². The van der Waals surface area contributed by atoms with E-state index < -0.39 is 11.7 Å². The van der Waals surface area contributed by atoms with Crippen LogP contribution in [0.15, 0.2) is 23.1 Å². The highest BCUT2D eigenvalue weighted by atomic mass is 32.2. The third-order valence-electron chi connectivity index (χ3n) is 3.20. The molecule has 2 unspecified atom stereocenters. The molecule has 1 aliphatic rings. The zero-order chi connectivity index (χ0) is 13.2. The van der Waals surface area contributed by atoms with E-state index in [1.54, 1.807) is 6.07 Å². The minimum Gasteiger partial charge on any atom is -0.389 e. The molecule has 2 rings (SSSR count). The SMILES string of the molecule is Cc1ccc(F)cc1SCC(O)C1(O)CCOC1. The molecule has 3 nitrogen and oxygen atoms in total. The van der Waals surface area contributed by atoms with Crippen molar-refractivity contribution >= 4 is 11.8 Å². The first kappa shape index (κ1) is 13.8. The Morgan fingerprint density at radius 3 is 3.00 bits per heavy atom. The van der Waals surface area contributed by atoms with Crippen LogP contribution in [0.1, 0.15) is 12.0 Å². The summed E-state index contributed by atoms with van der Waals surface area (Å²) < 4.78 is 18.2. The van der Waals surface area contributed by atoms with E-state index in [1.165, 1.54) is 23.9 Å². The highest BCUT2D eigenvalue weighted by Gasteiger charge is 2.39. The molecule has 1 fully saturated rings. The lowest BCUT2D eigenvalue weighted by atomic mass is 9.97. The summed E-state index contributed by atoms with van der Waals surface area (Å²) >= 11 is 1.35. The van der Waals surface area contributed by atoms with Gasteiger partial charge in [0.05, 0.1) is 12.7 Å². The van der Waals surface area contributed by atoms with Gasteiger partial charge in [-0.05, 0) is 24.6 Å². The molecule has 0 bridgehead atoms. The summed E-state index contributed by atoms with van der Waals surface area (Å²) in [6.07, 6.45) is -0.427. The lowest BCUT2D eigenvalue weighted by Crippen LogP contribution is -2.44. The van der Waals surface area contributed by atoms with Crippen LogP contribution in [-0.4, -0.2) is 40.9 Å². The van der Waals surface area contributed by atoms with Crippen LogP contribution in [0.4, 0.5) is 4.39 Å². The third-order valence-corrected chi connectivity index (χ3v) is 4.43. The number of rotatable bonds is 4. The molecule has 0 amide bonds. The lowest BCUT2D eigenvalue weighted by molar-refractivity contribution is -0.0653. The predicted molar refractivity (Wildman–Crippen MR) is 68.3 cm³/mol. The van der Waals surface area contributed by atoms with Crippen LogP contribution < -0.4 is 0 Å². The summed E-state index contributed by atoms with van der Waals surface area (Å²) in [7, 11) is 0. The number of benzene rings is 1. The monoisotopic (exact) mass is 272 g/mol. The molecule has 2 atom stereocenters. The summed E-state index contributed by atoms with van der Waals surface area (Å²) in [5.74, 6) is 0.0324. The maximum atomic E-state index is 13.1. The number of aryl methyl sites for hydroxylation is 1. The standard InChI is InChI=1S/C13H17FO3S/c1-9-2-3-10(14)6-11(9)18-7-12(15)13(16)4-5-17-8-13/h2-3,6,12,15-16H,4-5,7-8H2,1H3. The van der Waals surface area contributed by atoms with E-state index in [2.05, 4.69) is 0 Å². The fraction of sp³-hybridized carbons (Fsp3) is 0.538. The van der Waals surface area contributed by atoms with Crippen molar-refractivity contribution in [2.45, 2.75) is 29.9 Å². The zero-order valence-corrected chi connectivity index (χ0v) is 11.0. The van der Waals surface area contributed by atoms with Gasteiger partial charge in [-0.15, -0.1) is 11.8 Å². The second-order valence-corrected chi connectivity index (χ2v) is 5.70. The highest BCUT2D eigenvalue weighted by molar-refractivity contribution is 7.99. The smallest absolute Gasteiger partial charge is 0.124 e. The number of aliphatic hydroxyl groups is 2. The summed E-state index contributed by atoms with van der Waals surface area (Å²) in [6, 6.07) is 4.56. The minimum atomic E-state index is -1.16. The third kappa shape index (κ3) is 3.03. The molecule has 0 radical (unpaired) electrons. The minimum absolute atomic E-state index is 0.164. The fourth-order valence-corrected chi connectivity index (χ4v) is 3.03. The van der Waals surface area contributed by atoms with Crippen LogP contribution in [0.25, 0.3) is 0 Å². The molecule has 1 aromatic rings. The van der Waals surface area contributed by atoms with Gasteiger partial charge in [0, 0.05) is 23.7 Å². The molecule has 5 heteroatoms. The maximum Gasteiger partial charge on any atom is 0.124 e. The van der Waals surface area contributed by atoms with Gasteiger partial charge in [0.15, 0.2) is 0 Å². The van der Waals surface area contributed by atoms with E-state index in [1.807, 2.05) is 6.92 Å². The first-order valence-corrected chi connectivity index (χ1v) is 6.87. The number of aliphatic hydroxyl groups excluding tert-OH is 1. The molecule has 1 heterocycles. The average Bonchev–Trinajstić information content (AvgIpc) is 2.78. The van der Waals surface area contributed by atoms with Gasteiger partial charge in [-0.3, -0.25) is 0 Å². The number of halogens is 1. The maximum absolute atomic E-state index is 13.1. The van der Waals surface area contributed by atoms with Crippen LogP contribution in [-0.2, 0) is 4.74 Å². The van der Waals surface area contributed by atoms with Gasteiger partial charge >= 0.3 is 0 Å². The Morgan fingerprint density at radius 1 is 1.56 bits per heavy atom. The van der Waals surface area contributed by atoms with Crippen molar-refractivity contribution in [1.82, 2.24) is 0 Å². The molecule has 0 aromatic heterocycles. The second-order valence-electron chi connectivity index (χ2n) is 4.64. The molecule has 18 heavy (non-hydrogen) atoms.